The number of para-hydroxylation sites is 1. The first-order valence-electron chi connectivity index (χ1n) is 6.98. The number of benzene rings is 1. The first-order valence-corrected chi connectivity index (χ1v) is 6.98. The van der Waals surface area contributed by atoms with Crippen molar-refractivity contribution in [3.05, 3.63) is 29.8 Å². The third kappa shape index (κ3) is 1.99. The molecular weight excluding hydrogens is 220 g/mol. The molecule has 3 atom stereocenters. The predicted molar refractivity (Wildman–Crippen MR) is 73.4 cm³/mol. The van der Waals surface area contributed by atoms with Gasteiger partial charge in [-0.2, -0.15) is 5.26 Å². The molecule has 2 aliphatic carbocycles. The second kappa shape index (κ2) is 4.65. The Morgan fingerprint density at radius 2 is 2.11 bits per heavy atom. The number of hydrogen-bond donors (Lipinski definition) is 0. The molecule has 18 heavy (non-hydrogen) atoms. The zero-order valence-corrected chi connectivity index (χ0v) is 11.0. The number of nitrogens with zero attached hydrogens (tertiary/aromatic N) is 2. The van der Waals surface area contributed by atoms with Crippen molar-refractivity contribution in [2.24, 2.45) is 17.8 Å². The van der Waals surface area contributed by atoms with Crippen molar-refractivity contribution in [1.82, 2.24) is 0 Å². The lowest BCUT2D eigenvalue weighted by molar-refractivity contribution is 0.337. The van der Waals surface area contributed by atoms with Gasteiger partial charge in [0.25, 0.3) is 0 Å². The number of rotatable bonds is 3. The maximum Gasteiger partial charge on any atom is 0.101 e. The molecule has 2 heteroatoms. The summed E-state index contributed by atoms with van der Waals surface area (Å²) in [5.41, 5.74) is 1.88. The van der Waals surface area contributed by atoms with Crippen molar-refractivity contribution >= 4 is 5.69 Å². The van der Waals surface area contributed by atoms with E-state index in [0.29, 0.717) is 0 Å². The largest absolute Gasteiger partial charge is 0.373 e. The molecule has 0 N–H and O–H groups in total. The summed E-state index contributed by atoms with van der Waals surface area (Å²) in [4.78, 5) is 2.28. The first-order chi connectivity index (χ1) is 8.78. The molecule has 3 rings (SSSR count). The van der Waals surface area contributed by atoms with Crippen LogP contribution in [0.25, 0.3) is 0 Å². The van der Waals surface area contributed by atoms with Gasteiger partial charge in [-0.05, 0) is 49.1 Å². The second-order valence-electron chi connectivity index (χ2n) is 5.94. The molecule has 0 saturated heterocycles. The van der Waals surface area contributed by atoms with Crippen LogP contribution in [-0.2, 0) is 0 Å². The third-order valence-corrected chi connectivity index (χ3v) is 4.83. The summed E-state index contributed by atoms with van der Waals surface area (Å²) in [6.45, 7) is 1.11. The van der Waals surface area contributed by atoms with Crippen molar-refractivity contribution in [3.63, 3.8) is 0 Å². The number of anilines is 1. The van der Waals surface area contributed by atoms with Crippen LogP contribution in [0.3, 0.4) is 0 Å². The summed E-state index contributed by atoms with van der Waals surface area (Å²) in [5, 5.41) is 9.16. The second-order valence-corrected chi connectivity index (χ2v) is 5.94. The van der Waals surface area contributed by atoms with Crippen LogP contribution in [0.4, 0.5) is 5.69 Å². The SMILES string of the molecule is CN(CC1CC2CCC1C2)c1ccccc1C#N. The van der Waals surface area contributed by atoms with Gasteiger partial charge in [-0.1, -0.05) is 18.6 Å². The van der Waals surface area contributed by atoms with E-state index in [1.807, 2.05) is 18.2 Å². The van der Waals surface area contributed by atoms with E-state index in [0.717, 1.165) is 35.5 Å². The molecule has 3 unspecified atom stereocenters. The van der Waals surface area contributed by atoms with Crippen LogP contribution in [0.15, 0.2) is 24.3 Å². The van der Waals surface area contributed by atoms with Crippen molar-refractivity contribution in [2.75, 3.05) is 18.5 Å². The van der Waals surface area contributed by atoms with E-state index in [4.69, 9.17) is 5.26 Å². The van der Waals surface area contributed by atoms with E-state index >= 15 is 0 Å². The number of fused-ring (bicyclic) bond motifs is 2. The zero-order valence-electron chi connectivity index (χ0n) is 11.0. The van der Waals surface area contributed by atoms with Crippen LogP contribution >= 0.6 is 0 Å². The van der Waals surface area contributed by atoms with Crippen LogP contribution in [0, 0.1) is 29.1 Å². The summed E-state index contributed by atoms with van der Waals surface area (Å²) in [5.74, 6) is 2.80. The summed E-state index contributed by atoms with van der Waals surface area (Å²) in [7, 11) is 2.13. The Hall–Kier alpha value is -1.49. The van der Waals surface area contributed by atoms with Gasteiger partial charge in [0.1, 0.15) is 6.07 Å². The van der Waals surface area contributed by atoms with Crippen LogP contribution in [0.1, 0.15) is 31.2 Å². The van der Waals surface area contributed by atoms with Crippen molar-refractivity contribution in [1.29, 1.82) is 5.26 Å². The zero-order chi connectivity index (χ0) is 12.5. The van der Waals surface area contributed by atoms with Gasteiger partial charge < -0.3 is 4.90 Å². The van der Waals surface area contributed by atoms with Gasteiger partial charge in [-0.25, -0.2) is 0 Å². The molecule has 0 aliphatic heterocycles. The molecule has 2 saturated carbocycles. The fourth-order valence-corrected chi connectivity index (χ4v) is 3.95. The molecule has 2 nitrogen and oxygen atoms in total. The van der Waals surface area contributed by atoms with Crippen LogP contribution < -0.4 is 4.90 Å². The summed E-state index contributed by atoms with van der Waals surface area (Å²) in [6, 6.07) is 10.2. The van der Waals surface area contributed by atoms with Gasteiger partial charge in [0.15, 0.2) is 0 Å². The Morgan fingerprint density at radius 3 is 2.78 bits per heavy atom. The highest BCUT2D eigenvalue weighted by molar-refractivity contribution is 5.58. The maximum absolute atomic E-state index is 9.16. The van der Waals surface area contributed by atoms with Gasteiger partial charge >= 0.3 is 0 Å². The highest BCUT2D eigenvalue weighted by atomic mass is 15.1. The van der Waals surface area contributed by atoms with Gasteiger partial charge in [0, 0.05) is 13.6 Å². The van der Waals surface area contributed by atoms with Gasteiger partial charge in [-0.15, -0.1) is 0 Å². The Labute approximate surface area is 109 Å². The molecule has 0 aromatic heterocycles. The van der Waals surface area contributed by atoms with E-state index in [-0.39, 0.29) is 0 Å². The standard InChI is InChI=1S/C16H20N2/c1-18(16-5-3-2-4-14(16)10-17)11-15-9-12-6-7-13(15)8-12/h2-5,12-13,15H,6-9,11H2,1H3. The Bertz CT molecular complexity index is 474. The number of nitriles is 1. The molecule has 1 aromatic rings. The normalized spacial score (nSPS) is 29.2. The molecule has 0 amide bonds. The maximum atomic E-state index is 9.16. The molecule has 1 aromatic carbocycles. The molecule has 2 bridgehead atoms. The Balaban J connectivity index is 1.71. The highest BCUT2D eigenvalue weighted by Crippen LogP contribution is 2.48. The first kappa shape index (κ1) is 11.6. The third-order valence-electron chi connectivity index (χ3n) is 4.83. The molecular formula is C16H20N2. The van der Waals surface area contributed by atoms with E-state index in [1.54, 1.807) is 0 Å². The molecule has 2 aliphatic rings. The van der Waals surface area contributed by atoms with Gasteiger partial charge in [0.05, 0.1) is 11.3 Å². The van der Waals surface area contributed by atoms with Crippen molar-refractivity contribution < 1.29 is 0 Å². The topological polar surface area (TPSA) is 27.0 Å². The number of hydrogen-bond acceptors (Lipinski definition) is 2. The van der Waals surface area contributed by atoms with Crippen LogP contribution in [0.5, 0.6) is 0 Å². The predicted octanol–water partition coefficient (Wildman–Crippen LogP) is 3.43. The minimum absolute atomic E-state index is 0.795. The fraction of sp³-hybridized carbons (Fsp3) is 0.562. The average Bonchev–Trinajstić information content (AvgIpc) is 3.01. The minimum Gasteiger partial charge on any atom is -0.373 e. The smallest absolute Gasteiger partial charge is 0.101 e. The van der Waals surface area contributed by atoms with E-state index in [2.05, 4.69) is 24.1 Å². The van der Waals surface area contributed by atoms with Gasteiger partial charge in [-0.3, -0.25) is 0 Å². The molecule has 0 spiro atoms. The minimum atomic E-state index is 0.795. The van der Waals surface area contributed by atoms with Gasteiger partial charge in [0.2, 0.25) is 0 Å². The molecule has 0 radical (unpaired) electrons. The molecule has 0 heterocycles. The average molecular weight is 240 g/mol. The monoisotopic (exact) mass is 240 g/mol. The van der Waals surface area contributed by atoms with Crippen molar-refractivity contribution in [2.45, 2.75) is 25.7 Å². The lowest BCUT2D eigenvalue weighted by atomic mass is 9.88. The quantitative estimate of drug-likeness (QED) is 0.809. The Morgan fingerprint density at radius 1 is 1.28 bits per heavy atom. The highest BCUT2D eigenvalue weighted by Gasteiger charge is 2.39. The Kier molecular flexibility index (Phi) is 2.99. The lowest BCUT2D eigenvalue weighted by Crippen LogP contribution is -2.29. The summed E-state index contributed by atoms with van der Waals surface area (Å²) in [6.07, 6.45) is 5.75. The van der Waals surface area contributed by atoms with E-state index < -0.39 is 0 Å². The van der Waals surface area contributed by atoms with E-state index in [9.17, 15) is 0 Å². The fourth-order valence-electron chi connectivity index (χ4n) is 3.95. The summed E-state index contributed by atoms with van der Waals surface area (Å²) < 4.78 is 0. The van der Waals surface area contributed by atoms with Crippen LogP contribution in [0.2, 0.25) is 0 Å². The van der Waals surface area contributed by atoms with Crippen LogP contribution in [-0.4, -0.2) is 13.6 Å². The lowest BCUT2D eigenvalue weighted by Gasteiger charge is -2.29. The summed E-state index contributed by atoms with van der Waals surface area (Å²) >= 11 is 0. The van der Waals surface area contributed by atoms with Crippen molar-refractivity contribution in [3.8, 4) is 6.07 Å². The van der Waals surface area contributed by atoms with E-state index in [1.165, 1.54) is 25.7 Å². The molecule has 94 valence electrons. The molecule has 2 fully saturated rings.